The van der Waals surface area contributed by atoms with Crippen molar-refractivity contribution in [1.82, 2.24) is 14.7 Å². The topological polar surface area (TPSA) is 81.2 Å². The summed E-state index contributed by atoms with van der Waals surface area (Å²) in [6.07, 6.45) is 1.18. The van der Waals surface area contributed by atoms with Crippen molar-refractivity contribution in [2.45, 2.75) is 63.8 Å². The average molecular weight is 375 g/mol. The number of piperidine rings is 2. The minimum Gasteiger partial charge on any atom is -0.373 e. The molecule has 7 nitrogen and oxygen atoms in total. The van der Waals surface area contributed by atoms with Gasteiger partial charge in [-0.05, 0) is 30.1 Å². The molecule has 5 aliphatic heterocycles. The number of likely N-dealkylation sites (N-methyl/N-ethyl adjacent to an activating group) is 1. The molecule has 6 atom stereocenters. The lowest BCUT2D eigenvalue weighted by molar-refractivity contribution is -0.192. The number of rotatable bonds is 0. The number of fused-ring (bicyclic) bond motifs is 1. The highest BCUT2D eigenvalue weighted by molar-refractivity contribution is 5.98. The number of aliphatic hydroxyl groups excluding tert-OH is 1. The molecule has 3 spiro atoms. The third-order valence-electron chi connectivity index (χ3n) is 9.44. The fourth-order valence-corrected chi connectivity index (χ4v) is 7.71. The number of piperazine rings is 1. The highest BCUT2D eigenvalue weighted by Crippen LogP contribution is 2.72. The molecular weight excluding hydrogens is 346 g/mol. The van der Waals surface area contributed by atoms with Gasteiger partial charge in [-0.25, -0.2) is 0 Å². The third kappa shape index (κ3) is 1.49. The number of amides is 3. The highest BCUT2D eigenvalue weighted by atomic mass is 16.3. The van der Waals surface area contributed by atoms with Gasteiger partial charge >= 0.3 is 0 Å². The summed E-state index contributed by atoms with van der Waals surface area (Å²) in [5.41, 5.74) is -2.34. The first kappa shape index (κ1) is 17.5. The summed E-state index contributed by atoms with van der Waals surface area (Å²) < 4.78 is 0. The predicted molar refractivity (Wildman–Crippen MR) is 96.1 cm³/mol. The SMILES string of the molecule is C[C@H]1CC(=O)N2C[C@]34C[C@]5(C[C@@H](O)N(C)C5=O)C(C)(C)C3C[C@]12C(=O)N4C. The van der Waals surface area contributed by atoms with Gasteiger partial charge in [0.15, 0.2) is 0 Å². The van der Waals surface area contributed by atoms with Crippen LogP contribution in [0.3, 0.4) is 0 Å². The summed E-state index contributed by atoms with van der Waals surface area (Å²) in [6.45, 7) is 6.80. The van der Waals surface area contributed by atoms with Crippen LogP contribution >= 0.6 is 0 Å². The van der Waals surface area contributed by atoms with Crippen molar-refractivity contribution >= 4 is 17.7 Å². The van der Waals surface area contributed by atoms with Gasteiger partial charge < -0.3 is 19.8 Å². The predicted octanol–water partition coefficient (Wildman–Crippen LogP) is 0.421. The number of aliphatic hydroxyl groups is 1. The summed E-state index contributed by atoms with van der Waals surface area (Å²) in [5.74, 6) is 0.189. The lowest BCUT2D eigenvalue weighted by atomic mass is 9.57. The molecule has 148 valence electrons. The summed E-state index contributed by atoms with van der Waals surface area (Å²) in [5, 5.41) is 10.4. The molecule has 0 aromatic heterocycles. The molecule has 1 saturated carbocycles. The summed E-state index contributed by atoms with van der Waals surface area (Å²) in [6, 6.07) is 0. The van der Waals surface area contributed by atoms with Crippen molar-refractivity contribution in [2.75, 3.05) is 20.6 Å². The molecule has 0 aromatic carbocycles. The maximum atomic E-state index is 13.5. The normalized spacial score (nSPS) is 50.2. The van der Waals surface area contributed by atoms with Crippen LogP contribution in [0.2, 0.25) is 0 Å². The zero-order valence-corrected chi connectivity index (χ0v) is 16.8. The van der Waals surface area contributed by atoms with Crippen LogP contribution in [0.5, 0.6) is 0 Å². The van der Waals surface area contributed by atoms with Gasteiger partial charge in [0.05, 0.1) is 11.0 Å². The second-order valence-electron chi connectivity index (χ2n) is 10.3. The van der Waals surface area contributed by atoms with E-state index in [2.05, 4.69) is 13.8 Å². The molecule has 6 fully saturated rings. The van der Waals surface area contributed by atoms with Crippen molar-refractivity contribution < 1.29 is 19.5 Å². The van der Waals surface area contributed by atoms with Crippen LogP contribution in [0.15, 0.2) is 0 Å². The Morgan fingerprint density at radius 1 is 1.07 bits per heavy atom. The highest BCUT2D eigenvalue weighted by Gasteiger charge is 2.80. The van der Waals surface area contributed by atoms with Crippen molar-refractivity contribution in [3.8, 4) is 0 Å². The molecule has 1 N–H and O–H groups in total. The smallest absolute Gasteiger partial charge is 0.249 e. The molecule has 2 bridgehead atoms. The Balaban J connectivity index is 1.70. The summed E-state index contributed by atoms with van der Waals surface area (Å²) in [4.78, 5) is 44.7. The summed E-state index contributed by atoms with van der Waals surface area (Å²) in [7, 11) is 3.52. The molecule has 0 aromatic rings. The first-order valence-corrected chi connectivity index (χ1v) is 10.00. The Morgan fingerprint density at radius 3 is 2.33 bits per heavy atom. The number of nitrogens with zero attached hydrogens (tertiary/aromatic N) is 3. The molecule has 0 radical (unpaired) electrons. The molecule has 6 aliphatic rings. The monoisotopic (exact) mass is 375 g/mol. The zero-order valence-electron chi connectivity index (χ0n) is 16.8. The number of carbonyl (C=O) groups is 3. The van der Waals surface area contributed by atoms with E-state index in [-0.39, 0.29) is 35.0 Å². The number of hydrogen-bond donors (Lipinski definition) is 1. The van der Waals surface area contributed by atoms with Gasteiger partial charge in [-0.15, -0.1) is 0 Å². The van der Waals surface area contributed by atoms with Gasteiger partial charge in [0, 0.05) is 33.5 Å². The van der Waals surface area contributed by atoms with Crippen molar-refractivity contribution in [3.05, 3.63) is 0 Å². The van der Waals surface area contributed by atoms with E-state index < -0.39 is 22.7 Å². The van der Waals surface area contributed by atoms with Gasteiger partial charge in [-0.3, -0.25) is 14.4 Å². The molecule has 5 heterocycles. The summed E-state index contributed by atoms with van der Waals surface area (Å²) >= 11 is 0. The van der Waals surface area contributed by atoms with Crippen LogP contribution in [0, 0.1) is 22.7 Å². The first-order chi connectivity index (χ1) is 12.5. The van der Waals surface area contributed by atoms with E-state index >= 15 is 0 Å². The van der Waals surface area contributed by atoms with E-state index in [0.29, 0.717) is 32.2 Å². The van der Waals surface area contributed by atoms with Crippen molar-refractivity contribution in [1.29, 1.82) is 0 Å². The minimum absolute atomic E-state index is 0.0156. The zero-order chi connectivity index (χ0) is 19.7. The second-order valence-corrected chi connectivity index (χ2v) is 10.3. The Hall–Kier alpha value is -1.63. The molecule has 6 rings (SSSR count). The maximum Gasteiger partial charge on any atom is 0.249 e. The standard InChI is InChI=1S/C20H29N3O4/c1-11-6-13(24)23-10-19-9-18(8-14(25)21(4)15(18)26)17(2,3)12(19)7-20(11,23)16(27)22(19)5/h11-12,14,25H,6-10H2,1-5H3/t11-,12?,14+,18-,19+,20+/m0/s1. The van der Waals surface area contributed by atoms with Crippen LogP contribution in [-0.2, 0) is 14.4 Å². The Kier molecular flexibility index (Phi) is 2.91. The lowest BCUT2D eigenvalue weighted by Gasteiger charge is -2.64. The van der Waals surface area contributed by atoms with Crippen molar-refractivity contribution in [2.24, 2.45) is 22.7 Å². The van der Waals surface area contributed by atoms with Gasteiger partial charge in [-0.2, -0.15) is 0 Å². The molecule has 3 amide bonds. The minimum atomic E-state index is -0.787. The fourth-order valence-electron chi connectivity index (χ4n) is 7.71. The van der Waals surface area contributed by atoms with Crippen LogP contribution in [0.4, 0.5) is 0 Å². The van der Waals surface area contributed by atoms with E-state index in [0.717, 1.165) is 0 Å². The molecular formula is C20H29N3O4. The Labute approximate surface area is 159 Å². The van der Waals surface area contributed by atoms with E-state index in [4.69, 9.17) is 0 Å². The van der Waals surface area contributed by atoms with Gasteiger partial charge in [0.1, 0.15) is 11.8 Å². The second kappa shape index (κ2) is 4.50. The number of likely N-dealkylation sites (tertiary alicyclic amines) is 1. The maximum absolute atomic E-state index is 13.5. The van der Waals surface area contributed by atoms with Gasteiger partial charge in [0.2, 0.25) is 17.7 Å². The van der Waals surface area contributed by atoms with E-state index in [9.17, 15) is 19.5 Å². The fraction of sp³-hybridized carbons (Fsp3) is 0.850. The molecule has 1 aliphatic carbocycles. The average Bonchev–Trinajstić information content (AvgIpc) is 3.07. The number of hydrogen-bond acceptors (Lipinski definition) is 4. The largest absolute Gasteiger partial charge is 0.373 e. The van der Waals surface area contributed by atoms with Crippen LogP contribution in [0.25, 0.3) is 0 Å². The lowest BCUT2D eigenvalue weighted by Crippen LogP contribution is -2.80. The van der Waals surface area contributed by atoms with Crippen molar-refractivity contribution in [3.63, 3.8) is 0 Å². The molecule has 1 unspecified atom stereocenters. The van der Waals surface area contributed by atoms with Gasteiger partial charge in [0.25, 0.3) is 0 Å². The molecule has 27 heavy (non-hydrogen) atoms. The van der Waals surface area contributed by atoms with Crippen LogP contribution in [-0.4, -0.2) is 75.5 Å². The first-order valence-electron chi connectivity index (χ1n) is 10.00. The number of carbonyl (C=O) groups excluding carboxylic acids is 3. The van der Waals surface area contributed by atoms with E-state index in [1.165, 1.54) is 4.90 Å². The van der Waals surface area contributed by atoms with Crippen LogP contribution in [0.1, 0.15) is 46.5 Å². The Bertz CT molecular complexity index is 796. The van der Waals surface area contributed by atoms with E-state index in [1.807, 2.05) is 23.8 Å². The Morgan fingerprint density at radius 2 is 1.74 bits per heavy atom. The van der Waals surface area contributed by atoms with E-state index in [1.54, 1.807) is 7.05 Å². The third-order valence-corrected chi connectivity index (χ3v) is 9.44. The van der Waals surface area contributed by atoms with Crippen LogP contribution < -0.4 is 0 Å². The quantitative estimate of drug-likeness (QED) is 0.665. The molecule has 7 heteroatoms. The molecule has 5 saturated heterocycles. The van der Waals surface area contributed by atoms with Gasteiger partial charge in [-0.1, -0.05) is 20.8 Å².